The first-order chi connectivity index (χ1) is 11.6. The van der Waals surface area contributed by atoms with E-state index < -0.39 is 0 Å². The molecule has 2 aromatic rings. The second kappa shape index (κ2) is 6.99. The number of rotatable bonds is 3. The summed E-state index contributed by atoms with van der Waals surface area (Å²) in [6, 6.07) is 5.67. The summed E-state index contributed by atoms with van der Waals surface area (Å²) < 4.78 is 5.36. The lowest BCUT2D eigenvalue weighted by molar-refractivity contribution is 0.102. The predicted molar refractivity (Wildman–Crippen MR) is 93.7 cm³/mol. The van der Waals surface area contributed by atoms with Gasteiger partial charge < -0.3 is 15.0 Å². The van der Waals surface area contributed by atoms with Crippen molar-refractivity contribution in [2.45, 2.75) is 13.8 Å². The highest BCUT2D eigenvalue weighted by atomic mass is 32.1. The molecule has 1 N–H and O–H groups in total. The minimum atomic E-state index is -0.248. The molecule has 3 heterocycles. The lowest BCUT2D eigenvalue weighted by Crippen LogP contribution is -2.38. The molecule has 24 heavy (non-hydrogen) atoms. The smallest absolute Gasteiger partial charge is 0.260 e. The second-order valence-corrected chi connectivity index (χ2v) is 6.75. The average molecular weight is 342 g/mol. The van der Waals surface area contributed by atoms with Gasteiger partial charge in [0.25, 0.3) is 5.91 Å². The fourth-order valence-electron chi connectivity index (χ4n) is 2.62. The molecule has 0 aliphatic carbocycles. The summed E-state index contributed by atoms with van der Waals surface area (Å²) in [6.07, 6.45) is 1.68. The normalized spacial score (nSPS) is 14.3. The third-order valence-electron chi connectivity index (χ3n) is 4.07. The highest BCUT2D eigenvalue weighted by Gasteiger charge is 2.22. The van der Waals surface area contributed by atoms with E-state index in [0.717, 1.165) is 10.4 Å². The Kier molecular flexibility index (Phi) is 4.79. The Morgan fingerprint density at radius 2 is 2.17 bits per heavy atom. The minimum absolute atomic E-state index is 0.248. The van der Waals surface area contributed by atoms with Gasteiger partial charge in [0, 0.05) is 24.2 Å². The summed E-state index contributed by atoms with van der Waals surface area (Å²) in [6.45, 7) is 6.50. The molecule has 7 heteroatoms. The van der Waals surface area contributed by atoms with Crippen molar-refractivity contribution in [1.29, 1.82) is 5.26 Å². The maximum absolute atomic E-state index is 12.8. The van der Waals surface area contributed by atoms with E-state index in [-0.39, 0.29) is 5.91 Å². The standard InChI is InChI=1S/C17H18N4O2S/c1-11-12(2)24-17(14(11)10-18)20-16(22)13-4-3-5-19-15(13)21-6-8-23-9-7-21/h3-5H,6-9H2,1-2H3,(H,20,22). The molecular formula is C17H18N4O2S. The van der Waals surface area contributed by atoms with Crippen LogP contribution in [0.3, 0.4) is 0 Å². The van der Waals surface area contributed by atoms with Crippen LogP contribution >= 0.6 is 11.3 Å². The van der Waals surface area contributed by atoms with Gasteiger partial charge in [-0.15, -0.1) is 11.3 Å². The Labute approximate surface area is 144 Å². The van der Waals surface area contributed by atoms with E-state index in [1.807, 2.05) is 13.8 Å². The molecule has 1 amide bonds. The van der Waals surface area contributed by atoms with Crippen LogP contribution in [0.1, 0.15) is 26.4 Å². The summed E-state index contributed by atoms with van der Waals surface area (Å²) in [7, 11) is 0. The summed E-state index contributed by atoms with van der Waals surface area (Å²) in [5.41, 5.74) is 1.95. The average Bonchev–Trinajstić information content (AvgIpc) is 2.89. The summed E-state index contributed by atoms with van der Waals surface area (Å²) in [4.78, 5) is 20.2. The number of hydrogen-bond donors (Lipinski definition) is 1. The van der Waals surface area contributed by atoms with Crippen LogP contribution < -0.4 is 10.2 Å². The first-order valence-corrected chi connectivity index (χ1v) is 8.52. The number of amides is 1. The fourth-order valence-corrected chi connectivity index (χ4v) is 3.63. The fraction of sp³-hybridized carbons (Fsp3) is 0.353. The first-order valence-electron chi connectivity index (χ1n) is 7.71. The van der Waals surface area contributed by atoms with Crippen LogP contribution in [0.25, 0.3) is 0 Å². The van der Waals surface area contributed by atoms with Crippen LogP contribution in [0, 0.1) is 25.2 Å². The van der Waals surface area contributed by atoms with Gasteiger partial charge in [0.2, 0.25) is 0 Å². The number of aryl methyl sites for hydroxylation is 1. The Balaban J connectivity index is 1.89. The maximum Gasteiger partial charge on any atom is 0.260 e. The quantitative estimate of drug-likeness (QED) is 0.928. The molecule has 1 fully saturated rings. The number of pyridine rings is 1. The van der Waals surface area contributed by atoms with Gasteiger partial charge in [0.1, 0.15) is 16.9 Å². The molecule has 0 saturated carbocycles. The molecule has 3 rings (SSSR count). The van der Waals surface area contributed by atoms with Crippen LogP contribution in [0.5, 0.6) is 0 Å². The molecule has 0 bridgehead atoms. The monoisotopic (exact) mass is 342 g/mol. The van der Waals surface area contributed by atoms with Gasteiger partial charge in [-0.05, 0) is 31.5 Å². The molecule has 0 radical (unpaired) electrons. The Hall–Kier alpha value is -2.43. The molecule has 1 aliphatic heterocycles. The van der Waals surface area contributed by atoms with Gasteiger partial charge in [-0.1, -0.05) is 0 Å². The Bertz CT molecular complexity index is 803. The summed E-state index contributed by atoms with van der Waals surface area (Å²) in [5, 5.41) is 12.8. The van der Waals surface area contributed by atoms with Crippen molar-refractivity contribution in [1.82, 2.24) is 4.98 Å². The number of thiophene rings is 1. The van der Waals surface area contributed by atoms with Crippen LogP contribution in [-0.2, 0) is 4.74 Å². The predicted octanol–water partition coefficient (Wildman–Crippen LogP) is 2.72. The van der Waals surface area contributed by atoms with E-state index in [9.17, 15) is 10.1 Å². The number of nitriles is 1. The number of nitrogens with zero attached hydrogens (tertiary/aromatic N) is 3. The van der Waals surface area contributed by atoms with Gasteiger partial charge in [-0.2, -0.15) is 5.26 Å². The van der Waals surface area contributed by atoms with Crippen molar-refractivity contribution in [3.05, 3.63) is 39.9 Å². The van der Waals surface area contributed by atoms with Crippen molar-refractivity contribution in [2.75, 3.05) is 36.5 Å². The van der Waals surface area contributed by atoms with E-state index in [1.54, 1.807) is 18.3 Å². The molecule has 1 aliphatic rings. The lowest BCUT2D eigenvalue weighted by atomic mass is 10.1. The SMILES string of the molecule is Cc1sc(NC(=O)c2cccnc2N2CCOCC2)c(C#N)c1C. The van der Waals surface area contributed by atoms with Gasteiger partial charge in [-0.3, -0.25) is 4.79 Å². The van der Waals surface area contributed by atoms with E-state index >= 15 is 0 Å². The largest absolute Gasteiger partial charge is 0.378 e. The lowest BCUT2D eigenvalue weighted by Gasteiger charge is -2.29. The van der Waals surface area contributed by atoms with Gasteiger partial charge >= 0.3 is 0 Å². The van der Waals surface area contributed by atoms with Gasteiger partial charge in [-0.25, -0.2) is 4.98 Å². The van der Waals surface area contributed by atoms with E-state index in [2.05, 4.69) is 21.3 Å². The van der Waals surface area contributed by atoms with Crippen molar-refractivity contribution in [3.8, 4) is 6.07 Å². The number of nitrogens with one attached hydrogen (secondary N) is 1. The van der Waals surface area contributed by atoms with Crippen molar-refractivity contribution in [2.24, 2.45) is 0 Å². The second-order valence-electron chi connectivity index (χ2n) is 5.53. The van der Waals surface area contributed by atoms with Crippen LogP contribution in [-0.4, -0.2) is 37.2 Å². The zero-order valence-corrected chi connectivity index (χ0v) is 14.4. The van der Waals surface area contributed by atoms with Crippen LogP contribution in [0.4, 0.5) is 10.8 Å². The summed E-state index contributed by atoms with van der Waals surface area (Å²) >= 11 is 1.42. The number of anilines is 2. The molecule has 6 nitrogen and oxygen atoms in total. The van der Waals surface area contributed by atoms with E-state index in [4.69, 9.17) is 4.74 Å². The first kappa shape index (κ1) is 16.4. The molecule has 1 saturated heterocycles. The van der Waals surface area contributed by atoms with Crippen molar-refractivity contribution >= 4 is 28.1 Å². The highest BCUT2D eigenvalue weighted by molar-refractivity contribution is 7.16. The Morgan fingerprint density at radius 3 is 2.88 bits per heavy atom. The topological polar surface area (TPSA) is 78.2 Å². The summed E-state index contributed by atoms with van der Waals surface area (Å²) in [5.74, 6) is 0.407. The number of ether oxygens (including phenoxy) is 1. The van der Waals surface area contributed by atoms with E-state index in [0.29, 0.717) is 48.2 Å². The molecule has 0 spiro atoms. The number of carbonyl (C=O) groups is 1. The number of morpholine rings is 1. The van der Waals surface area contributed by atoms with Gasteiger partial charge in [0.05, 0.1) is 24.3 Å². The number of carbonyl (C=O) groups excluding carboxylic acids is 1. The van der Waals surface area contributed by atoms with Crippen LogP contribution in [0.15, 0.2) is 18.3 Å². The van der Waals surface area contributed by atoms with Crippen molar-refractivity contribution in [3.63, 3.8) is 0 Å². The number of hydrogen-bond acceptors (Lipinski definition) is 6. The van der Waals surface area contributed by atoms with Crippen LogP contribution in [0.2, 0.25) is 0 Å². The molecule has 0 atom stereocenters. The minimum Gasteiger partial charge on any atom is -0.378 e. The maximum atomic E-state index is 12.8. The Morgan fingerprint density at radius 1 is 1.42 bits per heavy atom. The molecule has 0 aromatic carbocycles. The highest BCUT2D eigenvalue weighted by Crippen LogP contribution is 2.32. The molecule has 0 unspecified atom stereocenters. The van der Waals surface area contributed by atoms with Crippen molar-refractivity contribution < 1.29 is 9.53 Å². The molecule has 124 valence electrons. The molecular weight excluding hydrogens is 324 g/mol. The van der Waals surface area contributed by atoms with Gasteiger partial charge in [0.15, 0.2) is 0 Å². The third-order valence-corrected chi connectivity index (χ3v) is 5.19. The zero-order valence-electron chi connectivity index (χ0n) is 13.6. The zero-order chi connectivity index (χ0) is 17.1. The molecule has 2 aromatic heterocycles. The van der Waals surface area contributed by atoms with E-state index in [1.165, 1.54) is 11.3 Å². The number of aromatic nitrogens is 1. The third kappa shape index (κ3) is 3.11.